The summed E-state index contributed by atoms with van der Waals surface area (Å²) in [5.41, 5.74) is 0. The van der Waals surface area contributed by atoms with Gasteiger partial charge in [0.15, 0.2) is 0 Å². The SMILES string of the molecule is CCC(C)[N]=[Ta]. The van der Waals surface area contributed by atoms with E-state index in [0.29, 0.717) is 6.04 Å². The van der Waals surface area contributed by atoms with Crippen molar-refractivity contribution in [1.82, 2.24) is 0 Å². The number of hydrogen-bond acceptors (Lipinski definition) is 1. The molecule has 0 radical (unpaired) electrons. The molecule has 2 heteroatoms. The summed E-state index contributed by atoms with van der Waals surface area (Å²) in [6.45, 7) is 4.29. The summed E-state index contributed by atoms with van der Waals surface area (Å²) in [4.78, 5) is 0. The first kappa shape index (κ1) is 6.54. The van der Waals surface area contributed by atoms with Crippen LogP contribution in [0.5, 0.6) is 0 Å². The quantitative estimate of drug-likeness (QED) is 0.706. The molecule has 0 aromatic carbocycles. The maximum atomic E-state index is 4.12. The van der Waals surface area contributed by atoms with E-state index in [1.807, 2.05) is 0 Å². The van der Waals surface area contributed by atoms with Gasteiger partial charge in [-0.05, 0) is 0 Å². The first-order chi connectivity index (χ1) is 2.81. The molecule has 0 saturated heterocycles. The van der Waals surface area contributed by atoms with Crippen molar-refractivity contribution in [2.45, 2.75) is 26.3 Å². The van der Waals surface area contributed by atoms with E-state index in [1.165, 1.54) is 27.3 Å². The summed E-state index contributed by atoms with van der Waals surface area (Å²) in [6.07, 6.45) is 1.19. The van der Waals surface area contributed by atoms with E-state index in [0.717, 1.165) is 0 Å². The Labute approximate surface area is 50.9 Å². The Balaban J connectivity index is 2.96. The molecule has 6 heavy (non-hydrogen) atoms. The standard InChI is InChI=1S/C4H9N.Ta/c1-3-4(2)5;/h4H,3H2,1-2H3;. The van der Waals surface area contributed by atoms with Crippen LogP contribution < -0.4 is 0 Å². The third-order valence-electron chi connectivity index (χ3n) is 0.788. The second-order valence-electron chi connectivity index (χ2n) is 1.37. The second-order valence-corrected chi connectivity index (χ2v) is 2.20. The molecular weight excluding hydrogens is 243 g/mol. The summed E-state index contributed by atoms with van der Waals surface area (Å²) in [6, 6.07) is 0.610. The van der Waals surface area contributed by atoms with Crippen molar-refractivity contribution >= 4 is 0 Å². The molecule has 0 rings (SSSR count). The number of nitrogens with zero attached hydrogens (tertiary/aromatic N) is 1. The van der Waals surface area contributed by atoms with Crippen LogP contribution in [0.2, 0.25) is 0 Å². The van der Waals surface area contributed by atoms with Crippen molar-refractivity contribution in [2.24, 2.45) is 3.34 Å². The molecular formula is C4H9NTa. The van der Waals surface area contributed by atoms with Gasteiger partial charge >= 0.3 is 50.5 Å². The molecule has 0 aromatic rings. The summed E-state index contributed by atoms with van der Waals surface area (Å²) < 4.78 is 4.12. The average molecular weight is 252 g/mol. The molecule has 1 unspecified atom stereocenters. The molecule has 0 aliphatic heterocycles. The van der Waals surface area contributed by atoms with Crippen LogP contribution in [-0.2, 0) is 20.9 Å². The summed E-state index contributed by atoms with van der Waals surface area (Å²) in [5.74, 6) is 0. The van der Waals surface area contributed by atoms with Crippen LogP contribution in [0.25, 0.3) is 0 Å². The van der Waals surface area contributed by atoms with E-state index in [2.05, 4.69) is 17.2 Å². The van der Waals surface area contributed by atoms with Crippen molar-refractivity contribution < 1.29 is 20.9 Å². The minimum absolute atomic E-state index is 0.610. The van der Waals surface area contributed by atoms with Gasteiger partial charge in [-0.15, -0.1) is 0 Å². The Morgan fingerprint density at radius 3 is 2.33 bits per heavy atom. The van der Waals surface area contributed by atoms with Crippen molar-refractivity contribution in [3.05, 3.63) is 0 Å². The molecule has 0 N–H and O–H groups in total. The summed E-state index contributed by atoms with van der Waals surface area (Å²) in [7, 11) is 0. The molecule has 0 aromatic heterocycles. The third-order valence-corrected chi connectivity index (χ3v) is 2.20. The third kappa shape index (κ3) is 2.76. The molecule has 0 heterocycles. The van der Waals surface area contributed by atoms with Gasteiger partial charge in [-0.3, -0.25) is 0 Å². The molecule has 0 bridgehead atoms. The van der Waals surface area contributed by atoms with Crippen LogP contribution in [0, 0.1) is 0 Å². The Morgan fingerprint density at radius 2 is 2.33 bits per heavy atom. The molecule has 0 amide bonds. The molecule has 1 nitrogen and oxygen atoms in total. The monoisotopic (exact) mass is 252 g/mol. The Kier molecular flexibility index (Phi) is 4.06. The van der Waals surface area contributed by atoms with Crippen LogP contribution in [-0.4, -0.2) is 6.04 Å². The van der Waals surface area contributed by atoms with Crippen molar-refractivity contribution in [1.29, 1.82) is 0 Å². The van der Waals surface area contributed by atoms with Crippen molar-refractivity contribution in [3.8, 4) is 0 Å². The van der Waals surface area contributed by atoms with Crippen LogP contribution in [0.4, 0.5) is 0 Å². The van der Waals surface area contributed by atoms with E-state index in [1.54, 1.807) is 0 Å². The van der Waals surface area contributed by atoms with E-state index in [9.17, 15) is 0 Å². The van der Waals surface area contributed by atoms with Gasteiger partial charge in [0.2, 0.25) is 0 Å². The van der Waals surface area contributed by atoms with Crippen molar-refractivity contribution in [2.75, 3.05) is 0 Å². The van der Waals surface area contributed by atoms with Crippen LogP contribution >= 0.6 is 0 Å². The molecule has 0 aliphatic carbocycles. The van der Waals surface area contributed by atoms with Gasteiger partial charge in [0.05, 0.1) is 0 Å². The topological polar surface area (TPSA) is 12.4 Å². The molecule has 0 spiro atoms. The van der Waals surface area contributed by atoms with E-state index in [4.69, 9.17) is 0 Å². The van der Waals surface area contributed by atoms with Gasteiger partial charge < -0.3 is 0 Å². The van der Waals surface area contributed by atoms with E-state index >= 15 is 0 Å². The van der Waals surface area contributed by atoms with Crippen molar-refractivity contribution in [3.63, 3.8) is 0 Å². The van der Waals surface area contributed by atoms with Gasteiger partial charge in [-0.1, -0.05) is 0 Å². The fraction of sp³-hybridized carbons (Fsp3) is 1.00. The van der Waals surface area contributed by atoms with Gasteiger partial charge in [0.25, 0.3) is 0 Å². The molecule has 1 atom stereocenters. The average Bonchev–Trinajstić information content (AvgIpc) is 1.65. The molecule has 0 fully saturated rings. The molecule has 0 saturated carbocycles. The predicted octanol–water partition coefficient (Wildman–Crippen LogP) is 1.52. The predicted molar refractivity (Wildman–Crippen MR) is 22.2 cm³/mol. The Bertz CT molecular complexity index is 44.8. The van der Waals surface area contributed by atoms with Gasteiger partial charge in [0.1, 0.15) is 0 Å². The maximum absolute atomic E-state index is 4.12. The van der Waals surface area contributed by atoms with Crippen LogP contribution in [0.3, 0.4) is 0 Å². The molecule has 0 aliphatic rings. The molecule has 35 valence electrons. The van der Waals surface area contributed by atoms with Gasteiger partial charge in [-0.2, -0.15) is 0 Å². The Morgan fingerprint density at radius 1 is 1.83 bits per heavy atom. The van der Waals surface area contributed by atoms with E-state index < -0.39 is 0 Å². The van der Waals surface area contributed by atoms with Crippen LogP contribution in [0.15, 0.2) is 3.34 Å². The fourth-order valence-electron chi connectivity index (χ4n) is 0.0816. The Hall–Kier alpha value is 0.540. The number of rotatable bonds is 2. The number of hydrogen-bond donors (Lipinski definition) is 0. The minimum atomic E-state index is 0.610. The first-order valence-electron chi connectivity index (χ1n) is 2.15. The van der Waals surface area contributed by atoms with E-state index in [-0.39, 0.29) is 0 Å². The normalized spacial score (nSPS) is 13.5. The zero-order valence-corrected chi connectivity index (χ0v) is 7.39. The van der Waals surface area contributed by atoms with Gasteiger partial charge in [-0.25, -0.2) is 0 Å². The zero-order valence-electron chi connectivity index (χ0n) is 4.18. The second kappa shape index (κ2) is 3.72. The summed E-state index contributed by atoms with van der Waals surface area (Å²) in [5, 5.41) is 0. The first-order valence-corrected chi connectivity index (χ1v) is 3.59. The van der Waals surface area contributed by atoms with Gasteiger partial charge in [0, 0.05) is 0 Å². The fourth-order valence-corrected chi connectivity index (χ4v) is 0.668. The zero-order chi connectivity index (χ0) is 4.99. The van der Waals surface area contributed by atoms with Crippen LogP contribution in [0.1, 0.15) is 20.3 Å². The summed E-state index contributed by atoms with van der Waals surface area (Å²) >= 11 is 1.18.